The van der Waals surface area contributed by atoms with Gasteiger partial charge in [0.05, 0.1) is 41.6 Å². The smallest absolute Gasteiger partial charge is 0.355 e. The van der Waals surface area contributed by atoms with E-state index in [0.29, 0.717) is 36.3 Å². The molecule has 0 saturated carbocycles. The molecule has 9 N–H and O–H groups in total. The maximum atomic E-state index is 14.4. The lowest BCUT2D eigenvalue weighted by molar-refractivity contribution is -0.191. The summed E-state index contributed by atoms with van der Waals surface area (Å²) in [6.45, 7) is 12.6. The fourth-order valence-corrected chi connectivity index (χ4v) is 9.15. The van der Waals surface area contributed by atoms with Gasteiger partial charge in [-0.15, -0.1) is 0 Å². The second-order valence-electron chi connectivity index (χ2n) is 19.5. The van der Waals surface area contributed by atoms with E-state index in [1.807, 2.05) is 58.0 Å². The van der Waals surface area contributed by atoms with Gasteiger partial charge in [0.15, 0.2) is 0 Å². The van der Waals surface area contributed by atoms with Crippen molar-refractivity contribution in [3.05, 3.63) is 75.3 Å². The highest BCUT2D eigenvalue weighted by Gasteiger charge is 2.51. The molecule has 3 aliphatic rings. The van der Waals surface area contributed by atoms with Crippen LogP contribution in [0, 0.1) is 17.8 Å². The van der Waals surface area contributed by atoms with Gasteiger partial charge in [0.2, 0.25) is 35.1 Å². The predicted octanol–water partition coefficient (Wildman–Crippen LogP) is 1.60. The number of esters is 2. The minimum atomic E-state index is -2.07. The van der Waals surface area contributed by atoms with Crippen LogP contribution in [0.2, 0.25) is 0 Å². The van der Waals surface area contributed by atoms with Crippen LogP contribution < -0.4 is 48.5 Å². The zero-order chi connectivity index (χ0) is 51.0. The van der Waals surface area contributed by atoms with Crippen LogP contribution in [-0.4, -0.2) is 101 Å². The number of nitrogens with one attached hydrogen (secondary N) is 7. The van der Waals surface area contributed by atoms with Gasteiger partial charge in [-0.05, 0) is 74.6 Å². The summed E-state index contributed by atoms with van der Waals surface area (Å²) in [6.07, 6.45) is 3.07. The molecule has 2 unspecified atom stereocenters. The molecule has 70 heavy (non-hydrogen) atoms. The minimum Gasteiger partial charge on any atom is -0.457 e. The van der Waals surface area contributed by atoms with Crippen molar-refractivity contribution in [3.63, 3.8) is 0 Å². The number of carbonyl (C=O) groups is 7. The van der Waals surface area contributed by atoms with Crippen molar-refractivity contribution in [1.29, 1.82) is 0 Å². The normalized spacial score (nSPS) is 19.0. The summed E-state index contributed by atoms with van der Waals surface area (Å²) in [7, 11) is 1.60. The van der Waals surface area contributed by atoms with E-state index < -0.39 is 89.4 Å². The predicted molar refractivity (Wildman–Crippen MR) is 260 cm³/mol. The molecule has 1 saturated heterocycles. The molecule has 0 bridgehead atoms. The maximum absolute atomic E-state index is 14.4. The van der Waals surface area contributed by atoms with Crippen LogP contribution in [0.5, 0.6) is 0 Å². The number of amides is 5. The Kier molecular flexibility index (Phi) is 17.1. The Morgan fingerprint density at radius 2 is 1.61 bits per heavy atom. The van der Waals surface area contributed by atoms with E-state index in [1.54, 1.807) is 38.5 Å². The Morgan fingerprint density at radius 1 is 0.929 bits per heavy atom. The van der Waals surface area contributed by atoms with E-state index in [0.717, 1.165) is 17.4 Å². The second-order valence-corrected chi connectivity index (χ2v) is 19.5. The van der Waals surface area contributed by atoms with E-state index in [1.165, 1.54) is 6.20 Å². The van der Waals surface area contributed by atoms with Gasteiger partial charge >= 0.3 is 11.9 Å². The third-order valence-corrected chi connectivity index (χ3v) is 12.8. The first-order valence-corrected chi connectivity index (χ1v) is 24.2. The van der Waals surface area contributed by atoms with Gasteiger partial charge in [-0.1, -0.05) is 66.7 Å². The molecule has 0 spiro atoms. The quantitative estimate of drug-likeness (QED) is 0.0551. The van der Waals surface area contributed by atoms with Crippen LogP contribution in [0.15, 0.2) is 53.1 Å². The lowest BCUT2D eigenvalue weighted by atomic mass is 9.85. The lowest BCUT2D eigenvalue weighted by Gasteiger charge is -2.37. The van der Waals surface area contributed by atoms with E-state index >= 15 is 0 Å². The first-order valence-electron chi connectivity index (χ1n) is 24.2. The largest absolute Gasteiger partial charge is 0.457 e. The average molecular weight is 969 g/mol. The number of rotatable bonds is 21. The topological polar surface area (TPSA) is 283 Å². The van der Waals surface area contributed by atoms with Gasteiger partial charge in [-0.2, -0.15) is 0 Å². The van der Waals surface area contributed by atoms with Crippen molar-refractivity contribution >= 4 is 52.4 Å². The first kappa shape index (κ1) is 52.5. The van der Waals surface area contributed by atoms with Gasteiger partial charge in [0, 0.05) is 41.9 Å². The monoisotopic (exact) mass is 969 g/mol. The number of ether oxygens (including phenoxy) is 2. The highest BCUT2D eigenvalue weighted by molar-refractivity contribution is 5.96. The number of pyridine rings is 2. The average Bonchev–Trinajstić information content (AvgIpc) is 3.98. The van der Waals surface area contributed by atoms with Crippen molar-refractivity contribution in [3.8, 4) is 11.4 Å². The fraction of sp³-hybridized carbons (Fsp3) is 0.540. The van der Waals surface area contributed by atoms with Crippen LogP contribution >= 0.6 is 0 Å². The summed E-state index contributed by atoms with van der Waals surface area (Å²) >= 11 is 0. The molecule has 3 aromatic rings. The van der Waals surface area contributed by atoms with Gasteiger partial charge in [0.25, 0.3) is 5.56 Å². The van der Waals surface area contributed by atoms with Crippen LogP contribution in [0.25, 0.3) is 22.3 Å². The number of cyclic esters (lactones) is 1. The number of para-hydroxylation sites is 1. The molecule has 6 rings (SSSR count). The molecule has 20 nitrogen and oxygen atoms in total. The number of nitrogens with two attached hydrogens (primary N) is 1. The maximum Gasteiger partial charge on any atom is 0.355 e. The Balaban J connectivity index is 1.19. The van der Waals surface area contributed by atoms with Crippen molar-refractivity contribution in [2.75, 3.05) is 20.1 Å². The fourth-order valence-electron chi connectivity index (χ4n) is 9.15. The van der Waals surface area contributed by atoms with Crippen LogP contribution in [0.4, 0.5) is 0 Å². The third-order valence-electron chi connectivity index (χ3n) is 12.8. The van der Waals surface area contributed by atoms with Crippen molar-refractivity contribution < 1.29 is 43.0 Å². The lowest BCUT2D eigenvalue weighted by Crippen LogP contribution is -2.58. The van der Waals surface area contributed by atoms with Crippen molar-refractivity contribution in [2.24, 2.45) is 23.5 Å². The Bertz CT molecular complexity index is 2590. The van der Waals surface area contributed by atoms with Gasteiger partial charge < -0.3 is 57.0 Å². The zero-order valence-corrected chi connectivity index (χ0v) is 41.3. The van der Waals surface area contributed by atoms with Gasteiger partial charge in [-0.3, -0.25) is 28.8 Å². The number of benzene rings is 1. The van der Waals surface area contributed by atoms with Crippen molar-refractivity contribution in [1.82, 2.24) is 46.8 Å². The third kappa shape index (κ3) is 11.9. The number of carbonyl (C=O) groups excluding carboxylic acids is 7. The molecule has 378 valence electrons. The van der Waals surface area contributed by atoms with Crippen LogP contribution in [-0.2, 0) is 61.8 Å². The number of nitrogens with zero attached hydrogens (tertiary/aromatic N) is 2. The second kappa shape index (κ2) is 22.7. The standard InChI is InChI=1S/C50H68N10O10/c1-9-50(33-21-39-42-30(19-29-13-10-11-14-34(29)56-42)24-60(39)47(66)32(33)25-69-49(50)68)70-48(67)41(28(6)7)59-46(65)38(20-31(51)22-52-8)58-45(64)37(18-27(4)5)55-40(61)23-54-43(62)36(17-26(2)3)57-44(63)35-15-12-16-53-35/h10-11,13-14,19,21-22,26-28,35-38,41,52-53H,9,12,15-18,20,23-25,51H2,1-8H3,(H,54,62)(H,55,61)(H,57,63)(H,58,64)(H,59,65)/b31-22-/t35?,36-,37-,38-,41?,50-/m0/s1. The molecule has 0 radical (unpaired) electrons. The van der Waals surface area contributed by atoms with Crippen molar-refractivity contribution in [2.45, 2.75) is 136 Å². The molecule has 6 atom stereocenters. The van der Waals surface area contributed by atoms with E-state index in [-0.39, 0.29) is 67.0 Å². The van der Waals surface area contributed by atoms with Gasteiger partial charge in [0.1, 0.15) is 30.8 Å². The first-order chi connectivity index (χ1) is 33.3. The molecular weight excluding hydrogens is 901 g/mol. The van der Waals surface area contributed by atoms with Crippen LogP contribution in [0.1, 0.15) is 104 Å². The molecule has 20 heteroatoms. The SMILES string of the molecule is CC[C@@]1(OC(=O)C(NC(=O)[C@H](C/C(N)=C/NC)NC(=O)[C@H](CC(C)C)NC(=O)CNC(=O)[C@H](CC(C)C)NC(=O)C2CCCN2)C(C)C)C(=O)OCc2c1cc1n(c2=O)Cc2cc3ccccc3nc2-1. The van der Waals surface area contributed by atoms with Gasteiger partial charge in [-0.25, -0.2) is 14.6 Å². The number of aromatic nitrogens is 2. The number of hydrogen-bond acceptors (Lipinski definition) is 14. The summed E-state index contributed by atoms with van der Waals surface area (Å²) in [5.41, 5.74) is 6.80. The summed E-state index contributed by atoms with van der Waals surface area (Å²) in [6, 6.07) is 5.95. The van der Waals surface area contributed by atoms with E-state index in [2.05, 4.69) is 37.2 Å². The Labute approximate surface area is 407 Å². The zero-order valence-electron chi connectivity index (χ0n) is 41.3. The summed E-state index contributed by atoms with van der Waals surface area (Å²) < 4.78 is 13.3. The molecular formula is C50H68N10O10. The highest BCUT2D eigenvalue weighted by atomic mass is 16.6. The molecule has 5 amide bonds. The summed E-state index contributed by atoms with van der Waals surface area (Å²) in [4.78, 5) is 115. The molecule has 1 fully saturated rings. The summed E-state index contributed by atoms with van der Waals surface area (Å²) in [5, 5.41) is 20.3. The minimum absolute atomic E-state index is 0.0531. The Hall–Kier alpha value is -6.83. The molecule has 1 aromatic carbocycles. The molecule has 2 aromatic heterocycles. The molecule has 0 aliphatic carbocycles. The highest BCUT2D eigenvalue weighted by Crippen LogP contribution is 2.41. The van der Waals surface area contributed by atoms with E-state index in [4.69, 9.17) is 20.2 Å². The number of hydrogen-bond donors (Lipinski definition) is 8. The molecule has 5 heterocycles. The number of fused-ring (bicyclic) bond motifs is 5. The van der Waals surface area contributed by atoms with E-state index in [9.17, 15) is 38.4 Å². The summed E-state index contributed by atoms with van der Waals surface area (Å²) in [5.74, 6) is -5.67. The van der Waals surface area contributed by atoms with Crippen LogP contribution in [0.3, 0.4) is 0 Å². The molecule has 3 aliphatic heterocycles. The Morgan fingerprint density at radius 3 is 2.26 bits per heavy atom.